The number of hydrogen-bond acceptors (Lipinski definition) is 3. The van der Waals surface area contributed by atoms with Crippen LogP contribution in [0.15, 0.2) is 42.5 Å². The standard InChI is InChI=1S/C18H17Cl2N3O2/c19-14-8-3-7-13(17(14)20)18(25)22-21-16(24)11-23-10-4-6-12-5-1-2-9-15(12)23/h1-3,5,7-9H,4,6,10-11H2,(H,21,24)(H,22,25). The normalized spacial score (nSPS) is 13.1. The average molecular weight is 378 g/mol. The number of benzene rings is 2. The number of halogens is 2. The number of hydrogen-bond donors (Lipinski definition) is 2. The molecule has 2 aromatic carbocycles. The third kappa shape index (κ3) is 4.06. The molecule has 5 nitrogen and oxygen atoms in total. The highest BCUT2D eigenvalue weighted by atomic mass is 35.5. The molecule has 3 rings (SSSR count). The topological polar surface area (TPSA) is 61.4 Å². The summed E-state index contributed by atoms with van der Waals surface area (Å²) in [6.07, 6.45) is 2.01. The van der Waals surface area contributed by atoms with Crippen LogP contribution >= 0.6 is 23.2 Å². The van der Waals surface area contributed by atoms with E-state index in [0.717, 1.165) is 25.1 Å². The van der Waals surface area contributed by atoms with Crippen LogP contribution in [0.2, 0.25) is 10.0 Å². The van der Waals surface area contributed by atoms with Gasteiger partial charge in [0.1, 0.15) is 0 Å². The number of fused-ring (bicyclic) bond motifs is 1. The van der Waals surface area contributed by atoms with E-state index in [0.29, 0.717) is 0 Å². The average Bonchev–Trinajstić information content (AvgIpc) is 2.62. The largest absolute Gasteiger partial charge is 0.362 e. The van der Waals surface area contributed by atoms with Gasteiger partial charge in [0.15, 0.2) is 0 Å². The molecular formula is C18H17Cl2N3O2. The number of rotatable bonds is 3. The molecule has 0 aliphatic carbocycles. The minimum absolute atomic E-state index is 0.154. The molecule has 0 unspecified atom stereocenters. The smallest absolute Gasteiger partial charge is 0.271 e. The number of amides is 2. The first kappa shape index (κ1) is 17.6. The van der Waals surface area contributed by atoms with Gasteiger partial charge in [0.25, 0.3) is 11.8 Å². The van der Waals surface area contributed by atoms with Crippen molar-refractivity contribution in [3.05, 3.63) is 63.6 Å². The molecule has 2 amide bonds. The Morgan fingerprint density at radius 3 is 2.68 bits per heavy atom. The van der Waals surface area contributed by atoms with Gasteiger partial charge in [0.2, 0.25) is 0 Å². The fraction of sp³-hybridized carbons (Fsp3) is 0.222. The molecule has 0 atom stereocenters. The van der Waals surface area contributed by atoms with E-state index in [1.165, 1.54) is 11.6 Å². The number of aryl methyl sites for hydroxylation is 1. The van der Waals surface area contributed by atoms with E-state index in [-0.39, 0.29) is 28.1 Å². The first-order chi connectivity index (χ1) is 12.1. The Kier molecular flexibility index (Phi) is 5.46. The number of hydrazine groups is 1. The highest BCUT2D eigenvalue weighted by Crippen LogP contribution is 2.26. The van der Waals surface area contributed by atoms with Crippen molar-refractivity contribution in [1.82, 2.24) is 10.9 Å². The molecule has 1 heterocycles. The number of para-hydroxylation sites is 1. The Labute approximate surface area is 155 Å². The number of carbonyl (C=O) groups excluding carboxylic acids is 2. The van der Waals surface area contributed by atoms with Crippen molar-refractivity contribution >= 4 is 40.7 Å². The number of carbonyl (C=O) groups is 2. The summed E-state index contributed by atoms with van der Waals surface area (Å²) in [5.74, 6) is -0.817. The van der Waals surface area contributed by atoms with Crippen LogP contribution in [0.1, 0.15) is 22.3 Å². The van der Waals surface area contributed by atoms with Crippen molar-refractivity contribution in [3.8, 4) is 0 Å². The summed E-state index contributed by atoms with van der Waals surface area (Å²) >= 11 is 11.9. The molecule has 0 spiro atoms. The molecule has 2 N–H and O–H groups in total. The van der Waals surface area contributed by atoms with E-state index in [9.17, 15) is 9.59 Å². The lowest BCUT2D eigenvalue weighted by atomic mass is 10.0. The van der Waals surface area contributed by atoms with Crippen LogP contribution in [0.5, 0.6) is 0 Å². The third-order valence-corrected chi connectivity index (χ3v) is 4.87. The highest BCUT2D eigenvalue weighted by molar-refractivity contribution is 6.43. The fourth-order valence-electron chi connectivity index (χ4n) is 2.86. The van der Waals surface area contributed by atoms with Gasteiger partial charge in [-0.3, -0.25) is 20.4 Å². The van der Waals surface area contributed by atoms with E-state index in [1.54, 1.807) is 12.1 Å². The van der Waals surface area contributed by atoms with Gasteiger partial charge in [-0.25, -0.2) is 0 Å². The van der Waals surface area contributed by atoms with Crippen molar-refractivity contribution in [2.45, 2.75) is 12.8 Å². The number of nitrogens with one attached hydrogen (secondary N) is 2. The molecule has 0 aromatic heterocycles. The second kappa shape index (κ2) is 7.76. The highest BCUT2D eigenvalue weighted by Gasteiger charge is 2.19. The van der Waals surface area contributed by atoms with Crippen molar-refractivity contribution in [2.24, 2.45) is 0 Å². The minimum Gasteiger partial charge on any atom is -0.362 e. The Morgan fingerprint density at radius 1 is 1.04 bits per heavy atom. The Hall–Kier alpha value is -2.24. The quantitative estimate of drug-likeness (QED) is 0.807. The predicted octanol–water partition coefficient (Wildman–Crippen LogP) is 3.21. The van der Waals surface area contributed by atoms with Crippen LogP contribution in [0, 0.1) is 0 Å². The molecule has 1 aliphatic rings. The summed E-state index contributed by atoms with van der Waals surface area (Å²) in [5, 5.41) is 0.437. The zero-order valence-electron chi connectivity index (χ0n) is 13.4. The van der Waals surface area contributed by atoms with Crippen LogP contribution in [-0.4, -0.2) is 24.9 Å². The van der Waals surface area contributed by atoms with Crippen molar-refractivity contribution < 1.29 is 9.59 Å². The first-order valence-electron chi connectivity index (χ1n) is 7.92. The summed E-state index contributed by atoms with van der Waals surface area (Å²) in [5.41, 5.74) is 7.30. The Morgan fingerprint density at radius 2 is 1.84 bits per heavy atom. The van der Waals surface area contributed by atoms with Gasteiger partial charge in [0.05, 0.1) is 22.2 Å². The molecule has 130 valence electrons. The molecule has 0 saturated carbocycles. The van der Waals surface area contributed by atoms with Crippen molar-refractivity contribution in [2.75, 3.05) is 18.0 Å². The maximum Gasteiger partial charge on any atom is 0.271 e. The molecule has 1 aliphatic heterocycles. The summed E-state index contributed by atoms with van der Waals surface area (Å²) < 4.78 is 0. The van der Waals surface area contributed by atoms with Crippen molar-refractivity contribution in [1.29, 1.82) is 0 Å². The molecule has 2 aromatic rings. The molecule has 7 heteroatoms. The van der Waals surface area contributed by atoms with Crippen LogP contribution in [-0.2, 0) is 11.2 Å². The van der Waals surface area contributed by atoms with Gasteiger partial charge < -0.3 is 4.90 Å². The second-order valence-corrected chi connectivity index (χ2v) is 6.54. The van der Waals surface area contributed by atoms with Crippen molar-refractivity contribution in [3.63, 3.8) is 0 Å². The maximum absolute atomic E-state index is 12.2. The third-order valence-electron chi connectivity index (χ3n) is 4.05. The van der Waals surface area contributed by atoms with Gasteiger partial charge in [-0.05, 0) is 36.6 Å². The first-order valence-corrected chi connectivity index (χ1v) is 8.68. The lowest BCUT2D eigenvalue weighted by Crippen LogP contribution is -2.47. The van der Waals surface area contributed by atoms with E-state index < -0.39 is 5.91 Å². The zero-order chi connectivity index (χ0) is 17.8. The summed E-state index contributed by atoms with van der Waals surface area (Å²) in [6, 6.07) is 12.8. The molecule has 0 bridgehead atoms. The fourth-order valence-corrected chi connectivity index (χ4v) is 3.25. The van der Waals surface area contributed by atoms with Gasteiger partial charge in [-0.15, -0.1) is 0 Å². The van der Waals surface area contributed by atoms with Gasteiger partial charge in [0, 0.05) is 12.2 Å². The van der Waals surface area contributed by atoms with Crippen LogP contribution in [0.25, 0.3) is 0 Å². The SMILES string of the molecule is O=C(CN1CCCc2ccccc21)NNC(=O)c1cccc(Cl)c1Cl. The minimum atomic E-state index is -0.514. The predicted molar refractivity (Wildman–Crippen MR) is 99.0 cm³/mol. The van der Waals surface area contributed by atoms with E-state index in [2.05, 4.69) is 16.9 Å². The number of anilines is 1. The van der Waals surface area contributed by atoms with E-state index >= 15 is 0 Å². The van der Waals surface area contributed by atoms with Gasteiger partial charge in [-0.2, -0.15) is 0 Å². The monoisotopic (exact) mass is 377 g/mol. The van der Waals surface area contributed by atoms with Gasteiger partial charge >= 0.3 is 0 Å². The van der Waals surface area contributed by atoms with E-state index in [1.807, 2.05) is 23.1 Å². The summed E-state index contributed by atoms with van der Waals surface area (Å²) in [6.45, 7) is 0.971. The van der Waals surface area contributed by atoms with E-state index in [4.69, 9.17) is 23.2 Å². The molecule has 25 heavy (non-hydrogen) atoms. The number of nitrogens with zero attached hydrogens (tertiary/aromatic N) is 1. The molecule has 0 radical (unpaired) electrons. The lowest BCUT2D eigenvalue weighted by molar-refractivity contribution is -0.120. The zero-order valence-corrected chi connectivity index (χ0v) is 14.9. The summed E-state index contributed by atoms with van der Waals surface area (Å²) in [4.78, 5) is 26.3. The Bertz CT molecular complexity index is 811. The van der Waals surface area contributed by atoms with Crippen LogP contribution in [0.4, 0.5) is 5.69 Å². The van der Waals surface area contributed by atoms with Crippen LogP contribution in [0.3, 0.4) is 0 Å². The summed E-state index contributed by atoms with van der Waals surface area (Å²) in [7, 11) is 0. The maximum atomic E-state index is 12.2. The second-order valence-electron chi connectivity index (χ2n) is 5.76. The molecular weight excluding hydrogens is 361 g/mol. The van der Waals surface area contributed by atoms with Crippen LogP contribution < -0.4 is 15.8 Å². The molecule has 0 fully saturated rings. The molecule has 0 saturated heterocycles. The Balaban J connectivity index is 1.59. The lowest BCUT2D eigenvalue weighted by Gasteiger charge is -2.30. The van der Waals surface area contributed by atoms with Gasteiger partial charge in [-0.1, -0.05) is 47.5 Å².